The van der Waals surface area contributed by atoms with E-state index in [0.717, 1.165) is 30.6 Å². The first-order valence-electron chi connectivity index (χ1n) is 12.9. The number of nitrogens with zero attached hydrogens (tertiary/aromatic N) is 1. The Morgan fingerprint density at radius 2 is 1.80 bits per heavy atom. The van der Waals surface area contributed by atoms with E-state index in [1.807, 2.05) is 6.08 Å². The Kier molecular flexibility index (Phi) is 6.23. The van der Waals surface area contributed by atoms with Crippen LogP contribution in [0.2, 0.25) is 0 Å². The Hall–Kier alpha value is -0.730. The second-order valence-electron chi connectivity index (χ2n) is 12.4. The van der Waals surface area contributed by atoms with Crippen LogP contribution in [0.5, 0.6) is 0 Å². The van der Waals surface area contributed by atoms with Gasteiger partial charge in [0.15, 0.2) is 0 Å². The zero-order valence-corrected chi connectivity index (χ0v) is 20.0. The second-order valence-corrected chi connectivity index (χ2v) is 12.4. The molecule has 0 N–H and O–H groups in total. The second kappa shape index (κ2) is 8.32. The molecule has 0 radical (unpaired) electrons. The monoisotopic (exact) mass is 417 g/mol. The first kappa shape index (κ1) is 22.5. The van der Waals surface area contributed by atoms with Crippen LogP contribution < -0.4 is 0 Å². The molecule has 4 aliphatic carbocycles. The lowest BCUT2D eigenvalue weighted by molar-refractivity contribution is -0.121. The molecule has 3 saturated carbocycles. The van der Waals surface area contributed by atoms with E-state index in [2.05, 4.69) is 39.8 Å². The van der Waals surface area contributed by atoms with Gasteiger partial charge in [0.05, 0.1) is 5.70 Å². The molecule has 3 heteroatoms. The maximum Gasteiger partial charge on any atom is 0.107 e. The van der Waals surface area contributed by atoms with E-state index in [-0.39, 0.29) is 11.3 Å². The van der Waals surface area contributed by atoms with Gasteiger partial charge in [-0.3, -0.25) is 0 Å². The van der Waals surface area contributed by atoms with E-state index in [1.165, 1.54) is 44.9 Å². The highest BCUT2D eigenvalue weighted by atomic mass is 19.1. The largest absolute Gasteiger partial charge is 0.247 e. The summed E-state index contributed by atoms with van der Waals surface area (Å²) in [5.74, 6) is 4.16. The number of halogens is 1. The van der Waals surface area contributed by atoms with Gasteiger partial charge in [0, 0.05) is 5.92 Å². The van der Waals surface area contributed by atoms with Gasteiger partial charge in [-0.1, -0.05) is 60.0 Å². The molecule has 0 aliphatic heterocycles. The third-order valence-corrected chi connectivity index (χ3v) is 10.5. The molecule has 0 bridgehead atoms. The summed E-state index contributed by atoms with van der Waals surface area (Å²) in [6.45, 7) is 12.1. The van der Waals surface area contributed by atoms with Gasteiger partial charge in [-0.05, 0) is 96.5 Å². The minimum atomic E-state index is -0.807. The molecule has 0 amide bonds. The fourth-order valence-electron chi connectivity index (χ4n) is 8.94. The van der Waals surface area contributed by atoms with Gasteiger partial charge in [-0.25, -0.2) is 4.39 Å². The van der Waals surface area contributed by atoms with Gasteiger partial charge in [-0.15, -0.1) is 4.91 Å². The highest BCUT2D eigenvalue weighted by Crippen LogP contribution is 2.68. The first-order valence-corrected chi connectivity index (χ1v) is 12.9. The van der Waals surface area contributed by atoms with Crippen molar-refractivity contribution in [1.82, 2.24) is 0 Å². The van der Waals surface area contributed by atoms with Crippen LogP contribution in [0.3, 0.4) is 0 Å². The van der Waals surface area contributed by atoms with Gasteiger partial charge >= 0.3 is 0 Å². The van der Waals surface area contributed by atoms with E-state index < -0.39 is 6.17 Å². The van der Waals surface area contributed by atoms with Gasteiger partial charge in [-0.2, -0.15) is 0 Å². The molecule has 30 heavy (non-hydrogen) atoms. The van der Waals surface area contributed by atoms with Crippen molar-refractivity contribution < 1.29 is 4.39 Å². The van der Waals surface area contributed by atoms with Crippen LogP contribution in [0.1, 0.15) is 98.8 Å². The van der Waals surface area contributed by atoms with Crippen LogP contribution in [0.25, 0.3) is 0 Å². The van der Waals surface area contributed by atoms with Crippen molar-refractivity contribution in [2.75, 3.05) is 0 Å². The molecule has 0 aromatic carbocycles. The standard InChI is InChI=1S/C27H44FNO/c1-17(2)7-6-8-18(3)21-9-10-22-20-16-25(28)24-15-19(29-30)11-13-27(24,5)23(20)12-14-26(21,22)4/h15,17-18,20-25H,6-14,16H2,1-5H3. The van der Waals surface area contributed by atoms with Crippen LogP contribution in [-0.4, -0.2) is 6.17 Å². The van der Waals surface area contributed by atoms with E-state index in [4.69, 9.17) is 0 Å². The number of hydrogen-bond donors (Lipinski definition) is 0. The Morgan fingerprint density at radius 1 is 1.07 bits per heavy atom. The van der Waals surface area contributed by atoms with Crippen LogP contribution in [-0.2, 0) is 0 Å². The number of fused-ring (bicyclic) bond motifs is 5. The molecule has 3 fully saturated rings. The summed E-state index contributed by atoms with van der Waals surface area (Å²) in [5.41, 5.74) is 1.01. The molecule has 4 rings (SSSR count). The van der Waals surface area contributed by atoms with Crippen molar-refractivity contribution >= 4 is 0 Å². The summed E-state index contributed by atoms with van der Waals surface area (Å²) in [4.78, 5) is 11.1. The first-order chi connectivity index (χ1) is 14.2. The summed E-state index contributed by atoms with van der Waals surface area (Å²) in [7, 11) is 0. The van der Waals surface area contributed by atoms with Gasteiger partial charge in [0.1, 0.15) is 6.17 Å². The average Bonchev–Trinajstić information content (AvgIpc) is 3.05. The molecule has 0 saturated heterocycles. The maximum absolute atomic E-state index is 15.5. The van der Waals surface area contributed by atoms with Gasteiger partial charge in [0.25, 0.3) is 0 Å². The number of allylic oxidation sites excluding steroid dienone is 2. The Bertz CT molecular complexity index is 674. The topological polar surface area (TPSA) is 29.4 Å². The smallest absolute Gasteiger partial charge is 0.107 e. The van der Waals surface area contributed by atoms with Crippen LogP contribution >= 0.6 is 0 Å². The quantitative estimate of drug-likeness (QED) is 0.399. The predicted octanol–water partition coefficient (Wildman–Crippen LogP) is 8.32. The third kappa shape index (κ3) is 3.60. The molecule has 0 spiro atoms. The summed E-state index contributed by atoms with van der Waals surface area (Å²) >= 11 is 0. The minimum Gasteiger partial charge on any atom is -0.247 e. The summed E-state index contributed by atoms with van der Waals surface area (Å²) in [6.07, 6.45) is 12.8. The lowest BCUT2D eigenvalue weighted by atomic mass is 9.44. The van der Waals surface area contributed by atoms with Crippen molar-refractivity contribution in [3.05, 3.63) is 16.7 Å². The number of alkyl halides is 1. The number of rotatable bonds is 6. The molecule has 0 aromatic heterocycles. The number of nitroso groups, excluding NO2 is 1. The molecule has 0 aromatic rings. The summed E-state index contributed by atoms with van der Waals surface area (Å²) in [6, 6.07) is 0. The zero-order chi connectivity index (χ0) is 21.7. The molecule has 0 heterocycles. The molecule has 170 valence electrons. The predicted molar refractivity (Wildman–Crippen MR) is 123 cm³/mol. The third-order valence-electron chi connectivity index (χ3n) is 10.5. The van der Waals surface area contributed by atoms with Crippen molar-refractivity contribution in [2.24, 2.45) is 57.4 Å². The van der Waals surface area contributed by atoms with Crippen molar-refractivity contribution in [3.8, 4) is 0 Å². The van der Waals surface area contributed by atoms with E-state index in [0.29, 0.717) is 35.3 Å². The SMILES string of the molecule is CC(C)CCCC(C)C1CCC2C3CC(F)C4C=C(N=O)CCC4(C)C3CCC12C. The molecule has 2 nitrogen and oxygen atoms in total. The van der Waals surface area contributed by atoms with E-state index >= 15 is 4.39 Å². The van der Waals surface area contributed by atoms with Crippen LogP contribution in [0, 0.1) is 57.2 Å². The fourth-order valence-corrected chi connectivity index (χ4v) is 8.94. The zero-order valence-electron chi connectivity index (χ0n) is 20.0. The highest BCUT2D eigenvalue weighted by Gasteiger charge is 2.62. The van der Waals surface area contributed by atoms with Crippen LogP contribution in [0.15, 0.2) is 16.9 Å². The fraction of sp³-hybridized carbons (Fsp3) is 0.926. The average molecular weight is 418 g/mol. The lowest BCUT2D eigenvalue weighted by Crippen LogP contribution is -2.55. The van der Waals surface area contributed by atoms with E-state index in [9.17, 15) is 4.91 Å². The Morgan fingerprint density at radius 3 is 2.50 bits per heavy atom. The van der Waals surface area contributed by atoms with E-state index in [1.54, 1.807) is 0 Å². The maximum atomic E-state index is 15.5. The molecule has 9 unspecified atom stereocenters. The van der Waals surface area contributed by atoms with Crippen LogP contribution in [0.4, 0.5) is 4.39 Å². The molecular formula is C27H44FNO. The van der Waals surface area contributed by atoms with Crippen molar-refractivity contribution in [3.63, 3.8) is 0 Å². The Labute approximate surface area is 183 Å². The molecular weight excluding hydrogens is 373 g/mol. The highest BCUT2D eigenvalue weighted by molar-refractivity contribution is 5.19. The van der Waals surface area contributed by atoms with Gasteiger partial charge in [0.2, 0.25) is 0 Å². The molecule has 9 atom stereocenters. The lowest BCUT2D eigenvalue weighted by Gasteiger charge is -2.60. The van der Waals surface area contributed by atoms with Gasteiger partial charge < -0.3 is 0 Å². The Balaban J connectivity index is 1.52. The number of hydrogen-bond acceptors (Lipinski definition) is 2. The summed E-state index contributed by atoms with van der Waals surface area (Å²) < 4.78 is 15.5. The molecule has 4 aliphatic rings. The summed E-state index contributed by atoms with van der Waals surface area (Å²) in [5, 5.41) is 3.18. The van der Waals surface area contributed by atoms with Crippen molar-refractivity contribution in [1.29, 1.82) is 0 Å². The minimum absolute atomic E-state index is 0.0127. The van der Waals surface area contributed by atoms with Crippen molar-refractivity contribution in [2.45, 2.75) is 105 Å². The normalized spacial score (nSPS) is 46.6.